The number of aliphatic hydroxyl groups excluding tert-OH is 1. The lowest BCUT2D eigenvalue weighted by molar-refractivity contribution is 0.0315. The maximum atomic E-state index is 11.5. The van der Waals surface area contributed by atoms with E-state index >= 15 is 0 Å². The van der Waals surface area contributed by atoms with Crippen LogP contribution in [0.3, 0.4) is 0 Å². The first-order chi connectivity index (χ1) is 7.26. The molecule has 4 nitrogen and oxygen atoms in total. The zero-order valence-corrected chi connectivity index (χ0v) is 8.18. The number of carbonyl (C=O) groups is 1. The maximum absolute atomic E-state index is 11.5. The molecule has 80 valence electrons. The molecule has 0 saturated carbocycles. The van der Waals surface area contributed by atoms with Crippen LogP contribution in [0.15, 0.2) is 30.3 Å². The minimum absolute atomic E-state index is 0.108. The molecule has 0 radical (unpaired) electrons. The highest BCUT2D eigenvalue weighted by molar-refractivity contribution is 5.89. The Labute approximate surface area is 87.4 Å². The first-order valence-electron chi connectivity index (χ1n) is 4.73. The van der Waals surface area contributed by atoms with Gasteiger partial charge in [-0.2, -0.15) is 0 Å². The van der Waals surface area contributed by atoms with Crippen molar-refractivity contribution in [2.45, 2.75) is 5.60 Å². The van der Waals surface area contributed by atoms with E-state index in [-0.39, 0.29) is 19.2 Å². The number of benzene rings is 1. The van der Waals surface area contributed by atoms with E-state index in [0.29, 0.717) is 12.2 Å². The van der Waals surface area contributed by atoms with Crippen LogP contribution in [-0.2, 0) is 9.47 Å². The third kappa shape index (κ3) is 2.34. The van der Waals surface area contributed by atoms with Gasteiger partial charge in [0.2, 0.25) is 0 Å². The summed E-state index contributed by atoms with van der Waals surface area (Å²) >= 11 is 0. The van der Waals surface area contributed by atoms with E-state index in [2.05, 4.69) is 0 Å². The molecule has 2 rings (SSSR count). The van der Waals surface area contributed by atoms with Gasteiger partial charge in [-0.3, -0.25) is 0 Å². The fourth-order valence-corrected chi connectivity index (χ4v) is 1.18. The molecule has 4 heteroatoms. The fourth-order valence-electron chi connectivity index (χ4n) is 1.18. The first kappa shape index (κ1) is 10.1. The highest BCUT2D eigenvalue weighted by atomic mass is 16.6. The van der Waals surface area contributed by atoms with Crippen LogP contribution in [0.2, 0.25) is 0 Å². The highest BCUT2D eigenvalue weighted by Gasteiger charge is 2.45. The van der Waals surface area contributed by atoms with Crippen molar-refractivity contribution >= 4 is 5.97 Å². The predicted molar refractivity (Wildman–Crippen MR) is 52.5 cm³/mol. The molecule has 1 saturated heterocycles. The van der Waals surface area contributed by atoms with Gasteiger partial charge in [0.05, 0.1) is 18.8 Å². The molecule has 0 spiro atoms. The summed E-state index contributed by atoms with van der Waals surface area (Å²) in [6.07, 6.45) is 0. The summed E-state index contributed by atoms with van der Waals surface area (Å²) in [4.78, 5) is 11.5. The quantitative estimate of drug-likeness (QED) is 0.581. The third-order valence-corrected chi connectivity index (χ3v) is 2.32. The van der Waals surface area contributed by atoms with Crippen LogP contribution < -0.4 is 0 Å². The maximum Gasteiger partial charge on any atom is 0.338 e. The standard InChI is InChI=1S/C11H12O4/c12-6-11(8-15-11)7-14-10(13)9-4-2-1-3-5-9/h1-5,12H,6-8H2/t11-/m1/s1. The molecule has 1 N–H and O–H groups in total. The molecular formula is C11H12O4. The van der Waals surface area contributed by atoms with Crippen molar-refractivity contribution in [3.8, 4) is 0 Å². The number of rotatable bonds is 4. The van der Waals surface area contributed by atoms with Crippen LogP contribution in [0.1, 0.15) is 10.4 Å². The lowest BCUT2D eigenvalue weighted by atomic mass is 10.2. The Balaban J connectivity index is 1.88. The van der Waals surface area contributed by atoms with Gasteiger partial charge in [0.25, 0.3) is 0 Å². The van der Waals surface area contributed by atoms with Gasteiger partial charge in [-0.1, -0.05) is 18.2 Å². The number of hydrogen-bond acceptors (Lipinski definition) is 4. The van der Waals surface area contributed by atoms with Crippen molar-refractivity contribution in [2.75, 3.05) is 19.8 Å². The Hall–Kier alpha value is -1.39. The number of carbonyl (C=O) groups excluding carboxylic acids is 1. The molecule has 0 aromatic heterocycles. The molecule has 0 amide bonds. The summed E-state index contributed by atoms with van der Waals surface area (Å²) in [5, 5.41) is 8.92. The molecule has 0 aliphatic carbocycles. The van der Waals surface area contributed by atoms with Crippen molar-refractivity contribution < 1.29 is 19.4 Å². The van der Waals surface area contributed by atoms with Gasteiger partial charge in [0.1, 0.15) is 12.2 Å². The SMILES string of the molecule is O=C(OC[C@]1(CO)CO1)c1ccccc1. The Kier molecular flexibility index (Phi) is 2.70. The molecular weight excluding hydrogens is 196 g/mol. The summed E-state index contributed by atoms with van der Waals surface area (Å²) in [6.45, 7) is 0.442. The van der Waals surface area contributed by atoms with E-state index in [1.165, 1.54) is 0 Å². The molecule has 15 heavy (non-hydrogen) atoms. The normalized spacial score (nSPS) is 23.5. The third-order valence-electron chi connectivity index (χ3n) is 2.32. The van der Waals surface area contributed by atoms with Crippen LogP contribution in [0.5, 0.6) is 0 Å². The summed E-state index contributed by atoms with van der Waals surface area (Å²) < 4.78 is 10.0. The van der Waals surface area contributed by atoms with Gasteiger partial charge in [-0.25, -0.2) is 4.79 Å². The zero-order valence-electron chi connectivity index (χ0n) is 8.18. The van der Waals surface area contributed by atoms with E-state index in [1.54, 1.807) is 24.3 Å². The van der Waals surface area contributed by atoms with E-state index in [0.717, 1.165) is 0 Å². The highest BCUT2D eigenvalue weighted by Crippen LogP contribution is 2.26. The van der Waals surface area contributed by atoms with Crippen molar-refractivity contribution in [1.82, 2.24) is 0 Å². The van der Waals surface area contributed by atoms with Crippen molar-refractivity contribution in [3.63, 3.8) is 0 Å². The van der Waals surface area contributed by atoms with E-state index in [4.69, 9.17) is 14.6 Å². The second-order valence-electron chi connectivity index (χ2n) is 3.57. The smallest absolute Gasteiger partial charge is 0.338 e. The van der Waals surface area contributed by atoms with Gasteiger partial charge in [-0.05, 0) is 12.1 Å². The number of ether oxygens (including phenoxy) is 2. The molecule has 1 aromatic carbocycles. The predicted octanol–water partition coefficient (Wildman–Crippen LogP) is 0.605. The number of esters is 1. The minimum atomic E-state index is -0.634. The van der Waals surface area contributed by atoms with Crippen molar-refractivity contribution in [1.29, 1.82) is 0 Å². The van der Waals surface area contributed by atoms with Gasteiger partial charge < -0.3 is 14.6 Å². The van der Waals surface area contributed by atoms with Crippen LogP contribution in [-0.4, -0.2) is 36.5 Å². The van der Waals surface area contributed by atoms with Crippen LogP contribution >= 0.6 is 0 Å². The van der Waals surface area contributed by atoms with Gasteiger partial charge >= 0.3 is 5.97 Å². The monoisotopic (exact) mass is 208 g/mol. The zero-order chi connectivity index (χ0) is 10.7. The molecule has 1 aliphatic rings. The molecule has 0 bridgehead atoms. The van der Waals surface area contributed by atoms with E-state index in [1.807, 2.05) is 6.07 Å². The van der Waals surface area contributed by atoms with Gasteiger partial charge in [-0.15, -0.1) is 0 Å². The number of aliphatic hydroxyl groups is 1. The molecule has 1 atom stereocenters. The Morgan fingerprint density at radius 3 is 2.67 bits per heavy atom. The second kappa shape index (κ2) is 4.00. The molecule has 0 unspecified atom stereocenters. The fraction of sp³-hybridized carbons (Fsp3) is 0.364. The first-order valence-corrected chi connectivity index (χ1v) is 4.73. The second-order valence-corrected chi connectivity index (χ2v) is 3.57. The summed E-state index contributed by atoms with van der Waals surface area (Å²) in [5.41, 5.74) is -0.129. The number of hydrogen-bond donors (Lipinski definition) is 1. The van der Waals surface area contributed by atoms with Crippen molar-refractivity contribution in [2.24, 2.45) is 0 Å². The summed E-state index contributed by atoms with van der Waals surface area (Å²) in [7, 11) is 0. The lowest BCUT2D eigenvalue weighted by Crippen LogP contribution is -2.26. The average molecular weight is 208 g/mol. The molecule has 1 aromatic rings. The lowest BCUT2D eigenvalue weighted by Gasteiger charge is -2.09. The van der Waals surface area contributed by atoms with Crippen LogP contribution in [0.4, 0.5) is 0 Å². The Bertz CT molecular complexity index is 343. The average Bonchev–Trinajstić information content (AvgIpc) is 3.08. The molecule has 1 aliphatic heterocycles. The number of epoxide rings is 1. The van der Waals surface area contributed by atoms with Gasteiger partial charge in [0, 0.05) is 0 Å². The summed E-state index contributed by atoms with van der Waals surface area (Å²) in [5.74, 6) is -0.390. The van der Waals surface area contributed by atoms with Gasteiger partial charge in [0.15, 0.2) is 0 Å². The Morgan fingerprint density at radius 2 is 2.13 bits per heavy atom. The van der Waals surface area contributed by atoms with E-state index < -0.39 is 5.60 Å². The molecule has 1 fully saturated rings. The summed E-state index contributed by atoms with van der Waals surface area (Å²) in [6, 6.07) is 8.73. The van der Waals surface area contributed by atoms with E-state index in [9.17, 15) is 4.79 Å². The minimum Gasteiger partial charge on any atom is -0.459 e. The topological polar surface area (TPSA) is 59.1 Å². The van der Waals surface area contributed by atoms with Crippen LogP contribution in [0, 0.1) is 0 Å². The van der Waals surface area contributed by atoms with Crippen molar-refractivity contribution in [3.05, 3.63) is 35.9 Å². The molecule has 1 heterocycles. The largest absolute Gasteiger partial charge is 0.459 e. The Morgan fingerprint density at radius 1 is 1.47 bits per heavy atom. The van der Waals surface area contributed by atoms with Crippen LogP contribution in [0.25, 0.3) is 0 Å².